The third-order valence-electron chi connectivity index (χ3n) is 1.45. The quantitative estimate of drug-likeness (QED) is 0.613. The maximum atomic E-state index is 4.98. The van der Waals surface area contributed by atoms with E-state index in [1.165, 1.54) is 0 Å². The molecule has 1 aromatic carbocycles. The van der Waals surface area contributed by atoms with Crippen molar-refractivity contribution in [3.63, 3.8) is 0 Å². The van der Waals surface area contributed by atoms with Gasteiger partial charge in [-0.2, -0.15) is 0 Å². The van der Waals surface area contributed by atoms with Gasteiger partial charge in [-0.15, -0.1) is 5.10 Å². The van der Waals surface area contributed by atoms with E-state index in [0.717, 1.165) is 5.75 Å². The molecular weight excluding hydrogens is 144 g/mol. The molecule has 0 bridgehead atoms. The molecule has 0 N–H and O–H groups in total. The first-order valence-corrected chi connectivity index (χ1v) is 3.16. The van der Waals surface area contributed by atoms with E-state index in [1.54, 1.807) is 25.3 Å². The van der Waals surface area contributed by atoms with E-state index in [0.29, 0.717) is 11.1 Å². The number of nitrogens with zero attached hydrogens (tertiary/aromatic N) is 2. The van der Waals surface area contributed by atoms with E-state index < -0.39 is 0 Å². The zero-order valence-electron chi connectivity index (χ0n) is 5.94. The van der Waals surface area contributed by atoms with Gasteiger partial charge in [-0.25, -0.2) is 0 Å². The van der Waals surface area contributed by atoms with Crippen molar-refractivity contribution in [3.8, 4) is 5.75 Å². The van der Waals surface area contributed by atoms with E-state index in [1.807, 2.05) is 0 Å². The Morgan fingerprint density at radius 1 is 1.45 bits per heavy atom. The molecule has 0 saturated carbocycles. The molecule has 4 heteroatoms. The van der Waals surface area contributed by atoms with Gasteiger partial charge in [0.2, 0.25) is 0 Å². The molecule has 0 aliphatic carbocycles. The summed E-state index contributed by atoms with van der Waals surface area (Å²) >= 11 is 0. The highest BCUT2D eigenvalue weighted by Gasteiger charge is 1.99. The molecule has 0 fully saturated rings. The Bertz CT molecular complexity index is 369. The van der Waals surface area contributed by atoms with Crippen LogP contribution in [0, 0.1) is 0 Å². The molecule has 2 aromatic rings. The minimum atomic E-state index is 0.672. The van der Waals surface area contributed by atoms with E-state index in [2.05, 4.69) is 10.4 Å². The standard InChI is InChI=1S/C7H6N2O2/c1-10-5-2-3-7-6(4-5)8-9-11-7/h2-4H,1H3. The normalized spacial score (nSPS) is 10.3. The van der Waals surface area contributed by atoms with Crippen LogP contribution in [-0.4, -0.2) is 17.5 Å². The van der Waals surface area contributed by atoms with Gasteiger partial charge in [0.1, 0.15) is 11.3 Å². The van der Waals surface area contributed by atoms with Crippen molar-refractivity contribution >= 4 is 11.1 Å². The van der Waals surface area contributed by atoms with Crippen molar-refractivity contribution in [2.75, 3.05) is 7.11 Å². The predicted octanol–water partition coefficient (Wildman–Crippen LogP) is 1.23. The number of fused-ring (bicyclic) bond motifs is 1. The Morgan fingerprint density at radius 3 is 3.18 bits per heavy atom. The Labute approximate surface area is 62.7 Å². The van der Waals surface area contributed by atoms with Gasteiger partial charge in [-0.1, -0.05) is 0 Å². The minimum absolute atomic E-state index is 0.672. The van der Waals surface area contributed by atoms with Gasteiger partial charge < -0.3 is 9.26 Å². The Balaban J connectivity index is 2.67. The maximum Gasteiger partial charge on any atom is 0.187 e. The molecule has 0 unspecified atom stereocenters. The molecule has 0 radical (unpaired) electrons. The van der Waals surface area contributed by atoms with Crippen LogP contribution in [0.25, 0.3) is 11.1 Å². The summed E-state index contributed by atoms with van der Waals surface area (Å²) in [5.74, 6) is 0.758. The largest absolute Gasteiger partial charge is 0.497 e. The van der Waals surface area contributed by atoms with Crippen LogP contribution in [-0.2, 0) is 0 Å². The van der Waals surface area contributed by atoms with Crippen LogP contribution in [0.15, 0.2) is 22.7 Å². The lowest BCUT2D eigenvalue weighted by Crippen LogP contribution is -1.80. The summed E-state index contributed by atoms with van der Waals surface area (Å²) in [7, 11) is 1.61. The molecule has 0 aliphatic rings. The molecule has 0 saturated heterocycles. The first-order chi connectivity index (χ1) is 5.40. The van der Waals surface area contributed by atoms with Gasteiger partial charge in [0.05, 0.1) is 7.11 Å². The predicted molar refractivity (Wildman–Crippen MR) is 38.4 cm³/mol. The molecule has 2 rings (SSSR count). The molecule has 0 aliphatic heterocycles. The topological polar surface area (TPSA) is 48.2 Å². The fraction of sp³-hybridized carbons (Fsp3) is 0.143. The minimum Gasteiger partial charge on any atom is -0.497 e. The second-order valence-electron chi connectivity index (χ2n) is 2.11. The van der Waals surface area contributed by atoms with Gasteiger partial charge in [0.15, 0.2) is 5.58 Å². The SMILES string of the molecule is COc1ccc2onnc2c1. The second-order valence-corrected chi connectivity index (χ2v) is 2.11. The van der Waals surface area contributed by atoms with Crippen molar-refractivity contribution in [3.05, 3.63) is 18.2 Å². The lowest BCUT2D eigenvalue weighted by molar-refractivity contribution is 0.414. The number of rotatable bonds is 1. The summed E-state index contributed by atoms with van der Waals surface area (Å²) in [6.45, 7) is 0. The van der Waals surface area contributed by atoms with E-state index >= 15 is 0 Å². The second kappa shape index (κ2) is 2.23. The number of methoxy groups -OCH3 is 1. The molecule has 4 nitrogen and oxygen atoms in total. The smallest absolute Gasteiger partial charge is 0.187 e. The van der Waals surface area contributed by atoms with Crippen LogP contribution in [0.3, 0.4) is 0 Å². The van der Waals surface area contributed by atoms with Crippen molar-refractivity contribution in [1.29, 1.82) is 0 Å². The van der Waals surface area contributed by atoms with Crippen molar-refractivity contribution in [2.24, 2.45) is 0 Å². The van der Waals surface area contributed by atoms with Crippen molar-refractivity contribution < 1.29 is 9.26 Å². The molecule has 1 heterocycles. The molecule has 56 valence electrons. The zero-order chi connectivity index (χ0) is 7.68. The summed E-state index contributed by atoms with van der Waals surface area (Å²) in [5, 5.41) is 7.13. The van der Waals surface area contributed by atoms with Crippen molar-refractivity contribution in [1.82, 2.24) is 10.4 Å². The zero-order valence-corrected chi connectivity index (χ0v) is 5.94. The highest BCUT2D eigenvalue weighted by molar-refractivity contribution is 5.72. The Hall–Kier alpha value is -1.58. The van der Waals surface area contributed by atoms with Gasteiger partial charge in [0.25, 0.3) is 0 Å². The van der Waals surface area contributed by atoms with Gasteiger partial charge in [-0.05, 0) is 12.1 Å². The summed E-state index contributed by atoms with van der Waals surface area (Å²) in [6.07, 6.45) is 0. The van der Waals surface area contributed by atoms with E-state index in [9.17, 15) is 0 Å². The summed E-state index contributed by atoms with van der Waals surface area (Å²) in [4.78, 5) is 0. The fourth-order valence-electron chi connectivity index (χ4n) is 0.888. The lowest BCUT2D eigenvalue weighted by atomic mass is 10.3. The average molecular weight is 150 g/mol. The van der Waals surface area contributed by atoms with Crippen LogP contribution in [0.2, 0.25) is 0 Å². The number of aromatic nitrogens is 2. The molecule has 11 heavy (non-hydrogen) atoms. The molecular formula is C7H6N2O2. The Morgan fingerprint density at radius 2 is 2.36 bits per heavy atom. The average Bonchev–Trinajstić information content (AvgIpc) is 2.50. The summed E-state index contributed by atoms with van der Waals surface area (Å²) in [5.41, 5.74) is 1.38. The van der Waals surface area contributed by atoms with Crippen LogP contribution < -0.4 is 4.74 Å². The highest BCUT2D eigenvalue weighted by Crippen LogP contribution is 2.17. The van der Waals surface area contributed by atoms with Crippen LogP contribution in [0.4, 0.5) is 0 Å². The van der Waals surface area contributed by atoms with E-state index in [-0.39, 0.29) is 0 Å². The molecule has 0 atom stereocenters. The van der Waals surface area contributed by atoms with Crippen molar-refractivity contribution in [2.45, 2.75) is 0 Å². The number of ether oxygens (including phenoxy) is 1. The third-order valence-corrected chi connectivity index (χ3v) is 1.45. The number of hydrogen-bond donors (Lipinski definition) is 0. The van der Waals surface area contributed by atoms with Crippen LogP contribution in [0.5, 0.6) is 5.75 Å². The van der Waals surface area contributed by atoms with Gasteiger partial charge >= 0.3 is 0 Å². The lowest BCUT2D eigenvalue weighted by Gasteiger charge is -1.95. The highest BCUT2D eigenvalue weighted by atomic mass is 16.5. The third kappa shape index (κ3) is 0.920. The molecule has 1 aromatic heterocycles. The number of benzene rings is 1. The summed E-state index contributed by atoms with van der Waals surface area (Å²) in [6, 6.07) is 5.34. The monoisotopic (exact) mass is 150 g/mol. The maximum absolute atomic E-state index is 4.98. The molecule has 0 spiro atoms. The molecule has 0 amide bonds. The van der Waals surface area contributed by atoms with Gasteiger partial charge in [-0.3, -0.25) is 0 Å². The van der Waals surface area contributed by atoms with Gasteiger partial charge in [0, 0.05) is 11.3 Å². The summed E-state index contributed by atoms with van der Waals surface area (Å²) < 4.78 is 9.78. The first-order valence-electron chi connectivity index (χ1n) is 3.16. The van der Waals surface area contributed by atoms with E-state index in [4.69, 9.17) is 9.26 Å². The fourth-order valence-corrected chi connectivity index (χ4v) is 0.888. The first kappa shape index (κ1) is 6.15. The van der Waals surface area contributed by atoms with Crippen LogP contribution >= 0.6 is 0 Å². The Kier molecular flexibility index (Phi) is 1.25. The number of hydrogen-bond acceptors (Lipinski definition) is 4. The van der Waals surface area contributed by atoms with Crippen LogP contribution in [0.1, 0.15) is 0 Å².